The third-order valence-corrected chi connectivity index (χ3v) is 6.16. The van der Waals surface area contributed by atoms with Crippen LogP contribution in [0.4, 0.5) is 0 Å². The van der Waals surface area contributed by atoms with Crippen LogP contribution >= 0.6 is 11.6 Å². The molecule has 0 amide bonds. The Hall–Kier alpha value is -1.67. The molecule has 1 fully saturated rings. The van der Waals surface area contributed by atoms with Crippen molar-refractivity contribution in [2.24, 2.45) is 0 Å². The van der Waals surface area contributed by atoms with Crippen molar-refractivity contribution in [1.82, 2.24) is 14.6 Å². The molecule has 4 rings (SSSR count). The first-order valence-electron chi connectivity index (χ1n) is 7.63. The third kappa shape index (κ3) is 2.88. The molecule has 0 aliphatic carbocycles. The van der Waals surface area contributed by atoms with Gasteiger partial charge in [-0.2, -0.15) is 0 Å². The zero-order valence-corrected chi connectivity index (χ0v) is 14.3. The van der Waals surface area contributed by atoms with Crippen molar-refractivity contribution in [2.75, 3.05) is 13.1 Å². The Bertz CT molecular complexity index is 874. The molecular formula is C16H16ClN3O3S. The molecule has 0 radical (unpaired) electrons. The lowest BCUT2D eigenvalue weighted by molar-refractivity contribution is 0.176. The SMILES string of the molecule is O=S1(=O)NC2CN(Cc3ccccc3Cl)CC2Oc2ncccc21. The van der Waals surface area contributed by atoms with Crippen LogP contribution in [0, 0.1) is 0 Å². The highest BCUT2D eigenvalue weighted by Gasteiger charge is 2.41. The number of halogens is 1. The van der Waals surface area contributed by atoms with Crippen LogP contribution in [0.2, 0.25) is 5.02 Å². The molecule has 3 heterocycles. The molecule has 2 aromatic rings. The number of ether oxygens (including phenoxy) is 1. The smallest absolute Gasteiger partial charge is 0.246 e. The second kappa shape index (κ2) is 6.00. The zero-order valence-electron chi connectivity index (χ0n) is 12.7. The van der Waals surface area contributed by atoms with E-state index in [1.807, 2.05) is 24.3 Å². The normalized spacial score (nSPS) is 25.4. The summed E-state index contributed by atoms with van der Waals surface area (Å²) in [7, 11) is -3.63. The number of likely N-dealkylation sites (tertiary alicyclic amines) is 1. The molecule has 1 N–H and O–H groups in total. The molecule has 2 aliphatic rings. The first-order valence-corrected chi connectivity index (χ1v) is 9.49. The lowest BCUT2D eigenvalue weighted by Crippen LogP contribution is -2.42. The van der Waals surface area contributed by atoms with E-state index in [2.05, 4.69) is 14.6 Å². The molecule has 1 aromatic carbocycles. The van der Waals surface area contributed by atoms with E-state index < -0.39 is 10.0 Å². The molecule has 0 bridgehead atoms. The van der Waals surface area contributed by atoms with Gasteiger partial charge in [0.05, 0.1) is 6.04 Å². The number of hydrogen-bond donors (Lipinski definition) is 1. The van der Waals surface area contributed by atoms with Crippen molar-refractivity contribution < 1.29 is 13.2 Å². The molecule has 1 aromatic heterocycles. The van der Waals surface area contributed by atoms with Gasteiger partial charge < -0.3 is 4.74 Å². The van der Waals surface area contributed by atoms with Gasteiger partial charge in [0.25, 0.3) is 0 Å². The van der Waals surface area contributed by atoms with Gasteiger partial charge in [-0.25, -0.2) is 18.1 Å². The van der Waals surface area contributed by atoms with E-state index in [1.165, 1.54) is 12.3 Å². The van der Waals surface area contributed by atoms with Gasteiger partial charge >= 0.3 is 0 Å². The number of fused-ring (bicyclic) bond motifs is 2. The minimum atomic E-state index is -3.63. The molecule has 2 unspecified atom stereocenters. The van der Waals surface area contributed by atoms with Gasteiger partial charge in [-0.05, 0) is 23.8 Å². The topological polar surface area (TPSA) is 71.5 Å². The van der Waals surface area contributed by atoms with Crippen molar-refractivity contribution in [1.29, 1.82) is 0 Å². The van der Waals surface area contributed by atoms with Crippen molar-refractivity contribution in [3.63, 3.8) is 0 Å². The van der Waals surface area contributed by atoms with Crippen LogP contribution in [-0.2, 0) is 16.6 Å². The number of nitrogens with zero attached hydrogens (tertiary/aromatic N) is 2. The predicted octanol–water partition coefficient (Wildman–Crippen LogP) is 1.66. The largest absolute Gasteiger partial charge is 0.470 e. The van der Waals surface area contributed by atoms with Gasteiger partial charge in [0.2, 0.25) is 15.9 Å². The molecule has 126 valence electrons. The summed E-state index contributed by atoms with van der Waals surface area (Å²) in [5.74, 6) is 0.164. The van der Waals surface area contributed by atoms with E-state index in [0.717, 1.165) is 5.56 Å². The van der Waals surface area contributed by atoms with Crippen molar-refractivity contribution in [2.45, 2.75) is 23.6 Å². The van der Waals surface area contributed by atoms with Crippen LogP contribution in [0.5, 0.6) is 5.88 Å². The highest BCUT2D eigenvalue weighted by atomic mass is 35.5. The number of pyridine rings is 1. The molecule has 8 heteroatoms. The Balaban J connectivity index is 1.57. The number of rotatable bonds is 2. The summed E-state index contributed by atoms with van der Waals surface area (Å²) in [5.41, 5.74) is 1.01. The first-order chi connectivity index (χ1) is 11.5. The number of sulfonamides is 1. The van der Waals surface area contributed by atoms with Crippen LogP contribution < -0.4 is 9.46 Å². The van der Waals surface area contributed by atoms with Gasteiger partial charge in [0.1, 0.15) is 11.0 Å². The number of hydrogen-bond acceptors (Lipinski definition) is 5. The molecule has 2 atom stereocenters. The van der Waals surface area contributed by atoms with E-state index in [0.29, 0.717) is 24.7 Å². The average molecular weight is 366 g/mol. The van der Waals surface area contributed by atoms with Crippen molar-refractivity contribution in [3.05, 3.63) is 53.2 Å². The van der Waals surface area contributed by atoms with Gasteiger partial charge in [-0.3, -0.25) is 4.90 Å². The second-order valence-corrected chi connectivity index (χ2v) is 8.07. The Morgan fingerprint density at radius 3 is 2.92 bits per heavy atom. The van der Waals surface area contributed by atoms with Crippen LogP contribution in [0.1, 0.15) is 5.56 Å². The summed E-state index contributed by atoms with van der Waals surface area (Å²) in [5, 5.41) is 0.707. The lowest BCUT2D eigenvalue weighted by Gasteiger charge is -2.17. The lowest BCUT2D eigenvalue weighted by atomic mass is 10.2. The molecule has 2 aliphatic heterocycles. The highest BCUT2D eigenvalue weighted by molar-refractivity contribution is 7.89. The summed E-state index contributed by atoms with van der Waals surface area (Å²) in [6.07, 6.45) is 1.25. The van der Waals surface area contributed by atoms with E-state index in [1.54, 1.807) is 6.07 Å². The standard InChI is InChI=1S/C16H16ClN3O3S/c17-12-5-2-1-4-11(12)8-20-9-13-14(10-20)23-16-15(6-3-7-18-16)24(21,22)19-13/h1-7,13-14,19H,8-10H2. The highest BCUT2D eigenvalue weighted by Crippen LogP contribution is 2.29. The van der Waals surface area contributed by atoms with E-state index in [-0.39, 0.29) is 22.9 Å². The zero-order chi connectivity index (χ0) is 16.7. The molecule has 1 saturated heterocycles. The fraction of sp³-hybridized carbons (Fsp3) is 0.312. The third-order valence-electron chi connectivity index (χ3n) is 4.29. The Morgan fingerprint density at radius 2 is 2.08 bits per heavy atom. The Morgan fingerprint density at radius 1 is 1.25 bits per heavy atom. The molecule has 24 heavy (non-hydrogen) atoms. The summed E-state index contributed by atoms with van der Waals surface area (Å²) < 4.78 is 33.6. The average Bonchev–Trinajstić information content (AvgIpc) is 2.86. The van der Waals surface area contributed by atoms with Gasteiger partial charge in [0.15, 0.2) is 0 Å². The Kier molecular flexibility index (Phi) is 3.96. The van der Waals surface area contributed by atoms with Gasteiger partial charge in [-0.15, -0.1) is 0 Å². The summed E-state index contributed by atoms with van der Waals surface area (Å²) in [6, 6.07) is 10.4. The minimum absolute atomic E-state index is 0.0945. The minimum Gasteiger partial charge on any atom is -0.470 e. The second-order valence-electron chi connectivity index (χ2n) is 5.98. The monoisotopic (exact) mass is 365 g/mol. The molecular weight excluding hydrogens is 350 g/mol. The van der Waals surface area contributed by atoms with Crippen molar-refractivity contribution >= 4 is 21.6 Å². The predicted molar refractivity (Wildman–Crippen MR) is 89.5 cm³/mol. The quantitative estimate of drug-likeness (QED) is 0.876. The fourth-order valence-corrected chi connectivity index (χ4v) is 4.69. The number of benzene rings is 1. The van der Waals surface area contributed by atoms with E-state index in [9.17, 15) is 8.42 Å². The van der Waals surface area contributed by atoms with Gasteiger partial charge in [0, 0.05) is 30.9 Å². The molecule has 6 nitrogen and oxygen atoms in total. The maximum Gasteiger partial charge on any atom is 0.246 e. The molecule has 0 saturated carbocycles. The Labute approximate surface area is 145 Å². The maximum atomic E-state index is 12.5. The summed E-state index contributed by atoms with van der Waals surface area (Å²) in [4.78, 5) is 6.30. The number of aromatic nitrogens is 1. The van der Waals surface area contributed by atoms with Crippen molar-refractivity contribution in [3.8, 4) is 5.88 Å². The van der Waals surface area contributed by atoms with Crippen LogP contribution in [-0.4, -0.2) is 43.5 Å². The van der Waals surface area contributed by atoms with Crippen LogP contribution in [0.15, 0.2) is 47.5 Å². The van der Waals surface area contributed by atoms with Gasteiger partial charge in [-0.1, -0.05) is 29.8 Å². The number of nitrogens with one attached hydrogen (secondary N) is 1. The van der Waals surface area contributed by atoms with Crippen LogP contribution in [0.25, 0.3) is 0 Å². The summed E-state index contributed by atoms with van der Waals surface area (Å²) in [6.45, 7) is 1.81. The maximum absolute atomic E-state index is 12.5. The molecule has 0 spiro atoms. The van der Waals surface area contributed by atoms with E-state index >= 15 is 0 Å². The van der Waals surface area contributed by atoms with Crippen LogP contribution in [0.3, 0.4) is 0 Å². The first kappa shape index (κ1) is 15.8. The summed E-state index contributed by atoms with van der Waals surface area (Å²) >= 11 is 6.21. The fourth-order valence-electron chi connectivity index (χ4n) is 3.16. The van der Waals surface area contributed by atoms with E-state index in [4.69, 9.17) is 16.3 Å².